The first-order valence-electron chi connectivity index (χ1n) is 5.84. The molecule has 2 rings (SSSR count). The summed E-state index contributed by atoms with van der Waals surface area (Å²) in [6, 6.07) is 8.73. The minimum Gasteiger partial charge on any atom is -0.340 e. The predicted octanol–water partition coefficient (Wildman–Crippen LogP) is 2.12. The Bertz CT molecular complexity index is 631. The zero-order chi connectivity index (χ0) is 14.4. The summed E-state index contributed by atoms with van der Waals surface area (Å²) in [5.41, 5.74) is 1.23. The number of carbonyl (C=O) groups excluding carboxylic acids is 1. The van der Waals surface area contributed by atoms with E-state index in [0.717, 1.165) is 0 Å². The fraction of sp³-hybridized carbons (Fsp3) is 0.231. The lowest BCUT2D eigenvalue weighted by Crippen LogP contribution is -2.14. The Labute approximate surface area is 120 Å². The van der Waals surface area contributed by atoms with Crippen molar-refractivity contribution in [1.29, 1.82) is 5.26 Å². The fourth-order valence-corrected chi connectivity index (χ4v) is 2.12. The van der Waals surface area contributed by atoms with Crippen LogP contribution < -0.4 is 5.32 Å². The van der Waals surface area contributed by atoms with Crippen LogP contribution in [-0.4, -0.2) is 21.8 Å². The zero-order valence-electron chi connectivity index (χ0n) is 10.8. The van der Waals surface area contributed by atoms with E-state index in [2.05, 4.69) is 15.5 Å². The van der Waals surface area contributed by atoms with Gasteiger partial charge in [-0.05, 0) is 24.3 Å². The smallest absolute Gasteiger partial charge is 0.234 e. The lowest BCUT2D eigenvalue weighted by atomic mass is 10.2. The van der Waals surface area contributed by atoms with Crippen LogP contribution in [0.25, 0.3) is 0 Å². The molecule has 0 aliphatic carbocycles. The van der Waals surface area contributed by atoms with Gasteiger partial charge in [0.15, 0.2) is 5.82 Å². The van der Waals surface area contributed by atoms with Crippen LogP contribution in [0.2, 0.25) is 0 Å². The molecule has 1 amide bonds. The number of hydrogen-bond acceptors (Lipinski definition) is 6. The number of nitriles is 1. The van der Waals surface area contributed by atoms with Crippen molar-refractivity contribution in [3.63, 3.8) is 0 Å². The molecule has 0 unspecified atom stereocenters. The number of nitrogens with one attached hydrogen (secondary N) is 1. The highest BCUT2D eigenvalue weighted by molar-refractivity contribution is 7.99. The van der Waals surface area contributed by atoms with E-state index in [1.807, 2.05) is 6.07 Å². The van der Waals surface area contributed by atoms with Crippen molar-refractivity contribution >= 4 is 23.4 Å². The summed E-state index contributed by atoms with van der Waals surface area (Å²) in [7, 11) is 0. The lowest BCUT2D eigenvalue weighted by Gasteiger charge is -2.04. The van der Waals surface area contributed by atoms with Gasteiger partial charge in [-0.25, -0.2) is 0 Å². The van der Waals surface area contributed by atoms with E-state index in [4.69, 9.17) is 9.78 Å². The number of hydrogen-bond donors (Lipinski definition) is 1. The fourth-order valence-electron chi connectivity index (χ4n) is 1.46. The summed E-state index contributed by atoms with van der Waals surface area (Å²) >= 11 is 1.41. The van der Waals surface area contributed by atoms with Crippen LogP contribution in [-0.2, 0) is 10.5 Å². The van der Waals surface area contributed by atoms with Crippen molar-refractivity contribution in [2.75, 3.05) is 11.1 Å². The van der Waals surface area contributed by atoms with E-state index in [0.29, 0.717) is 34.5 Å². The van der Waals surface area contributed by atoms with Crippen molar-refractivity contribution in [2.24, 2.45) is 0 Å². The highest BCUT2D eigenvalue weighted by Gasteiger charge is 2.06. The first-order valence-corrected chi connectivity index (χ1v) is 7.00. The Morgan fingerprint density at radius 1 is 1.45 bits per heavy atom. The maximum absolute atomic E-state index is 11.7. The molecule has 0 aliphatic heterocycles. The number of aromatic nitrogens is 2. The number of benzene rings is 1. The molecular formula is C13H12N4O2S. The van der Waals surface area contributed by atoms with Crippen LogP contribution in [0.1, 0.15) is 17.3 Å². The van der Waals surface area contributed by atoms with Gasteiger partial charge in [0.1, 0.15) is 0 Å². The van der Waals surface area contributed by atoms with Gasteiger partial charge < -0.3 is 9.84 Å². The third kappa shape index (κ3) is 4.10. The molecule has 0 aliphatic rings. The molecular weight excluding hydrogens is 276 g/mol. The van der Waals surface area contributed by atoms with Gasteiger partial charge in [-0.15, -0.1) is 11.8 Å². The standard InChI is InChI=1S/C13H12N4O2S/c1-9-15-12(17-19-9)7-20-8-13(18)16-11-4-2-10(6-14)3-5-11/h2-5H,7-8H2,1H3,(H,16,18). The monoisotopic (exact) mass is 288 g/mol. The second-order valence-electron chi connectivity index (χ2n) is 3.96. The maximum Gasteiger partial charge on any atom is 0.234 e. The van der Waals surface area contributed by atoms with E-state index in [1.54, 1.807) is 31.2 Å². The van der Waals surface area contributed by atoms with E-state index in [9.17, 15) is 4.79 Å². The normalized spacial score (nSPS) is 10.0. The number of carbonyl (C=O) groups is 1. The van der Waals surface area contributed by atoms with E-state index < -0.39 is 0 Å². The quantitative estimate of drug-likeness (QED) is 0.906. The largest absolute Gasteiger partial charge is 0.340 e. The third-order valence-electron chi connectivity index (χ3n) is 2.33. The molecule has 102 valence electrons. The van der Waals surface area contributed by atoms with Gasteiger partial charge in [-0.1, -0.05) is 5.16 Å². The molecule has 1 aromatic carbocycles. The van der Waals surface area contributed by atoms with Crippen molar-refractivity contribution < 1.29 is 9.32 Å². The average Bonchev–Trinajstić information content (AvgIpc) is 2.85. The van der Waals surface area contributed by atoms with Gasteiger partial charge in [0.2, 0.25) is 11.8 Å². The van der Waals surface area contributed by atoms with E-state index >= 15 is 0 Å². The molecule has 0 atom stereocenters. The zero-order valence-corrected chi connectivity index (χ0v) is 11.6. The summed E-state index contributed by atoms with van der Waals surface area (Å²) in [4.78, 5) is 15.8. The van der Waals surface area contributed by atoms with Gasteiger partial charge in [0, 0.05) is 12.6 Å². The second-order valence-corrected chi connectivity index (χ2v) is 4.95. The molecule has 1 heterocycles. The molecule has 0 saturated heterocycles. The van der Waals surface area contributed by atoms with Crippen LogP contribution in [0.4, 0.5) is 5.69 Å². The summed E-state index contributed by atoms with van der Waals surface area (Å²) in [6.45, 7) is 1.72. The first kappa shape index (κ1) is 14.1. The van der Waals surface area contributed by atoms with Gasteiger partial charge in [-0.3, -0.25) is 4.79 Å². The Kier molecular flexibility index (Phi) is 4.74. The number of thioether (sulfide) groups is 1. The van der Waals surface area contributed by atoms with Crippen LogP contribution in [0.5, 0.6) is 0 Å². The molecule has 0 fully saturated rings. The SMILES string of the molecule is Cc1nc(CSCC(=O)Nc2ccc(C#N)cc2)no1. The molecule has 20 heavy (non-hydrogen) atoms. The molecule has 0 bridgehead atoms. The first-order chi connectivity index (χ1) is 9.67. The third-order valence-corrected chi connectivity index (χ3v) is 3.26. The van der Waals surface area contributed by atoms with Gasteiger partial charge >= 0.3 is 0 Å². The highest BCUT2D eigenvalue weighted by atomic mass is 32.2. The summed E-state index contributed by atoms with van der Waals surface area (Å²) in [5, 5.41) is 15.2. The van der Waals surface area contributed by atoms with Gasteiger partial charge in [0.25, 0.3) is 0 Å². The number of rotatable bonds is 5. The van der Waals surface area contributed by atoms with Crippen LogP contribution in [0, 0.1) is 18.3 Å². The van der Waals surface area contributed by atoms with E-state index in [1.165, 1.54) is 11.8 Å². The molecule has 1 aromatic heterocycles. The molecule has 0 spiro atoms. The molecule has 0 saturated carbocycles. The number of amides is 1. The topological polar surface area (TPSA) is 91.8 Å². The summed E-state index contributed by atoms with van der Waals surface area (Å²) in [5.74, 6) is 1.81. The minimum absolute atomic E-state index is 0.111. The second kappa shape index (κ2) is 6.73. The minimum atomic E-state index is -0.111. The molecule has 6 nitrogen and oxygen atoms in total. The Morgan fingerprint density at radius 3 is 2.80 bits per heavy atom. The van der Waals surface area contributed by atoms with Crippen LogP contribution in [0.3, 0.4) is 0 Å². The highest BCUT2D eigenvalue weighted by Crippen LogP contribution is 2.12. The van der Waals surface area contributed by atoms with E-state index in [-0.39, 0.29) is 5.91 Å². The Morgan fingerprint density at radius 2 is 2.20 bits per heavy atom. The number of nitrogens with zero attached hydrogens (tertiary/aromatic N) is 3. The molecule has 0 radical (unpaired) electrons. The van der Waals surface area contributed by atoms with Crippen LogP contribution in [0.15, 0.2) is 28.8 Å². The Balaban J connectivity index is 1.76. The van der Waals surface area contributed by atoms with Crippen molar-refractivity contribution in [3.05, 3.63) is 41.5 Å². The maximum atomic E-state index is 11.7. The molecule has 7 heteroatoms. The van der Waals surface area contributed by atoms with Crippen molar-refractivity contribution in [2.45, 2.75) is 12.7 Å². The summed E-state index contributed by atoms with van der Waals surface area (Å²) in [6.07, 6.45) is 0. The van der Waals surface area contributed by atoms with Crippen LogP contribution >= 0.6 is 11.8 Å². The molecule has 2 aromatic rings. The van der Waals surface area contributed by atoms with Gasteiger partial charge in [0.05, 0.1) is 23.1 Å². The number of anilines is 1. The predicted molar refractivity (Wildman–Crippen MR) is 75.0 cm³/mol. The molecule has 1 N–H and O–H groups in total. The average molecular weight is 288 g/mol. The van der Waals surface area contributed by atoms with Crippen molar-refractivity contribution in [1.82, 2.24) is 10.1 Å². The van der Waals surface area contributed by atoms with Crippen molar-refractivity contribution in [3.8, 4) is 6.07 Å². The Hall–Kier alpha value is -2.33. The van der Waals surface area contributed by atoms with Gasteiger partial charge in [-0.2, -0.15) is 10.2 Å². The number of aryl methyl sites for hydroxylation is 1. The lowest BCUT2D eigenvalue weighted by molar-refractivity contribution is -0.113. The summed E-state index contributed by atoms with van der Waals surface area (Å²) < 4.78 is 4.84.